The zero-order valence-electron chi connectivity index (χ0n) is 22.0. The highest BCUT2D eigenvalue weighted by Crippen LogP contribution is 2.33. The van der Waals surface area contributed by atoms with Gasteiger partial charge >= 0.3 is 0 Å². The number of hydrogen-bond donors (Lipinski definition) is 0. The number of fused-ring (bicyclic) bond motifs is 1. The van der Waals surface area contributed by atoms with E-state index < -0.39 is 10.0 Å². The molecule has 0 radical (unpaired) electrons. The number of rotatable bonds is 7. The van der Waals surface area contributed by atoms with E-state index in [9.17, 15) is 13.2 Å². The van der Waals surface area contributed by atoms with E-state index >= 15 is 0 Å². The van der Waals surface area contributed by atoms with Crippen LogP contribution in [-0.2, 0) is 10.0 Å². The summed E-state index contributed by atoms with van der Waals surface area (Å²) in [5.41, 5.74) is 3.61. The second kappa shape index (κ2) is 10.6. The first-order chi connectivity index (χ1) is 17.0. The lowest BCUT2D eigenvalue weighted by Crippen LogP contribution is -2.42. The number of hydrogen-bond acceptors (Lipinski definition) is 6. The van der Waals surface area contributed by atoms with Crippen LogP contribution in [-0.4, -0.2) is 68.8 Å². The molecule has 194 valence electrons. The van der Waals surface area contributed by atoms with Crippen LogP contribution in [0.2, 0.25) is 0 Å². The molecule has 1 aliphatic heterocycles. The molecule has 2 atom stereocenters. The number of carbonyl (C=O) groups is 1. The van der Waals surface area contributed by atoms with Crippen LogP contribution in [0.5, 0.6) is 0 Å². The van der Waals surface area contributed by atoms with Gasteiger partial charge in [0, 0.05) is 31.7 Å². The van der Waals surface area contributed by atoms with Crippen LogP contribution in [0.15, 0.2) is 41.3 Å². The summed E-state index contributed by atoms with van der Waals surface area (Å²) in [6, 6.07) is 10.5. The van der Waals surface area contributed by atoms with Gasteiger partial charge in [0.1, 0.15) is 0 Å². The Morgan fingerprint density at radius 1 is 1.06 bits per heavy atom. The van der Waals surface area contributed by atoms with Crippen LogP contribution in [0, 0.1) is 25.7 Å². The number of aryl methyl sites for hydroxylation is 2. The molecule has 0 saturated carbocycles. The Labute approximate surface area is 218 Å². The molecule has 2 aromatic carbocycles. The summed E-state index contributed by atoms with van der Waals surface area (Å²) in [7, 11) is 0.339. The quantitative estimate of drug-likeness (QED) is 0.441. The highest BCUT2D eigenvalue weighted by Gasteiger charge is 2.32. The van der Waals surface area contributed by atoms with Gasteiger partial charge in [0.15, 0.2) is 5.13 Å². The van der Waals surface area contributed by atoms with Gasteiger partial charge in [0.2, 0.25) is 10.0 Å². The number of benzene rings is 2. The van der Waals surface area contributed by atoms with E-state index in [-0.39, 0.29) is 10.8 Å². The SMILES string of the molecule is Cc1cc(C)c2sc(N(CCN(C)C)C(=O)c3ccc(S(=O)(=O)N4CC(C)CC(C)C4)cc3)nc2c1. The number of anilines is 1. The van der Waals surface area contributed by atoms with Crippen molar-refractivity contribution in [2.45, 2.75) is 39.0 Å². The van der Waals surface area contributed by atoms with E-state index in [1.54, 1.807) is 33.5 Å². The normalized spacial score (nSPS) is 19.2. The van der Waals surface area contributed by atoms with Crippen molar-refractivity contribution in [2.75, 3.05) is 45.2 Å². The fourth-order valence-electron chi connectivity index (χ4n) is 4.94. The molecule has 1 saturated heterocycles. The molecule has 9 heteroatoms. The minimum absolute atomic E-state index is 0.186. The van der Waals surface area contributed by atoms with Crippen molar-refractivity contribution >= 4 is 42.6 Å². The van der Waals surface area contributed by atoms with Crippen molar-refractivity contribution in [3.8, 4) is 0 Å². The predicted octanol–water partition coefficient (Wildman–Crippen LogP) is 4.79. The Morgan fingerprint density at radius 3 is 2.31 bits per heavy atom. The first-order valence-corrected chi connectivity index (χ1v) is 14.7. The highest BCUT2D eigenvalue weighted by molar-refractivity contribution is 7.89. The molecule has 2 heterocycles. The number of sulfonamides is 1. The average molecular weight is 529 g/mol. The zero-order valence-corrected chi connectivity index (χ0v) is 23.6. The molecule has 0 aliphatic carbocycles. The fraction of sp³-hybridized carbons (Fsp3) is 0.481. The second-order valence-corrected chi connectivity index (χ2v) is 13.4. The number of carbonyl (C=O) groups excluding carboxylic acids is 1. The number of aromatic nitrogens is 1. The van der Waals surface area contributed by atoms with Gasteiger partial charge in [-0.25, -0.2) is 13.4 Å². The second-order valence-electron chi connectivity index (χ2n) is 10.5. The molecule has 3 aromatic rings. The van der Waals surface area contributed by atoms with Crippen molar-refractivity contribution in [3.05, 3.63) is 53.1 Å². The van der Waals surface area contributed by atoms with E-state index in [0.29, 0.717) is 48.7 Å². The standard InChI is InChI=1S/C27H36N4O3S2/c1-18-14-21(4)25-24(15-18)28-27(35-25)31(12-11-29(5)6)26(32)22-7-9-23(10-8-22)36(33,34)30-16-19(2)13-20(3)17-30/h7-10,14-15,19-20H,11-13,16-17H2,1-6H3. The Hall–Kier alpha value is -2.33. The van der Waals surface area contributed by atoms with Gasteiger partial charge < -0.3 is 4.90 Å². The molecule has 4 rings (SSSR count). The first-order valence-electron chi connectivity index (χ1n) is 12.4. The summed E-state index contributed by atoms with van der Waals surface area (Å²) in [5.74, 6) is 0.473. The van der Waals surface area contributed by atoms with Crippen LogP contribution in [0.25, 0.3) is 10.2 Å². The summed E-state index contributed by atoms with van der Waals surface area (Å²) < 4.78 is 29.2. The van der Waals surface area contributed by atoms with Crippen molar-refractivity contribution in [1.29, 1.82) is 0 Å². The van der Waals surface area contributed by atoms with Crippen molar-refractivity contribution in [1.82, 2.24) is 14.2 Å². The summed E-state index contributed by atoms with van der Waals surface area (Å²) >= 11 is 1.51. The van der Waals surface area contributed by atoms with Gasteiger partial charge in [-0.15, -0.1) is 0 Å². The number of nitrogens with zero attached hydrogens (tertiary/aromatic N) is 4. The predicted molar refractivity (Wildman–Crippen MR) is 147 cm³/mol. The largest absolute Gasteiger partial charge is 0.308 e. The molecular weight excluding hydrogens is 492 g/mol. The van der Waals surface area contributed by atoms with Crippen molar-refractivity contribution in [2.24, 2.45) is 11.8 Å². The number of likely N-dealkylation sites (N-methyl/N-ethyl adjacent to an activating group) is 1. The van der Waals surface area contributed by atoms with Crippen LogP contribution >= 0.6 is 11.3 Å². The number of amides is 1. The Bertz CT molecular complexity index is 1340. The molecule has 1 aromatic heterocycles. The summed E-state index contributed by atoms with van der Waals surface area (Å²) in [4.78, 5) is 22.4. The minimum Gasteiger partial charge on any atom is -0.308 e. The maximum atomic E-state index is 13.6. The summed E-state index contributed by atoms with van der Waals surface area (Å²) in [6.07, 6.45) is 1.03. The Kier molecular flexibility index (Phi) is 7.85. The molecule has 0 bridgehead atoms. The summed E-state index contributed by atoms with van der Waals surface area (Å²) in [6.45, 7) is 10.5. The molecular formula is C27H36N4O3S2. The maximum absolute atomic E-state index is 13.6. The van der Waals surface area contributed by atoms with Crippen LogP contribution < -0.4 is 4.90 Å². The van der Waals surface area contributed by atoms with Crippen LogP contribution in [0.1, 0.15) is 41.8 Å². The smallest absolute Gasteiger partial charge is 0.260 e. The maximum Gasteiger partial charge on any atom is 0.260 e. The lowest BCUT2D eigenvalue weighted by Gasteiger charge is -2.34. The lowest BCUT2D eigenvalue weighted by molar-refractivity contribution is 0.0985. The van der Waals surface area contributed by atoms with Crippen molar-refractivity contribution < 1.29 is 13.2 Å². The third-order valence-corrected chi connectivity index (χ3v) is 9.71. The Morgan fingerprint density at radius 2 is 1.69 bits per heavy atom. The molecule has 36 heavy (non-hydrogen) atoms. The topological polar surface area (TPSA) is 73.8 Å². The van der Waals surface area contributed by atoms with Gasteiger partial charge in [-0.1, -0.05) is 31.3 Å². The van der Waals surface area contributed by atoms with Crippen LogP contribution in [0.3, 0.4) is 0 Å². The monoisotopic (exact) mass is 528 g/mol. The van der Waals surface area contributed by atoms with Gasteiger partial charge in [-0.3, -0.25) is 9.69 Å². The minimum atomic E-state index is -3.60. The van der Waals surface area contributed by atoms with Gasteiger partial charge in [0.05, 0.1) is 15.1 Å². The molecule has 7 nitrogen and oxygen atoms in total. The lowest BCUT2D eigenvalue weighted by atomic mass is 9.94. The van der Waals surface area contributed by atoms with Gasteiger partial charge in [-0.2, -0.15) is 4.31 Å². The van der Waals surface area contributed by atoms with E-state index in [1.807, 2.05) is 32.0 Å². The highest BCUT2D eigenvalue weighted by atomic mass is 32.2. The van der Waals surface area contributed by atoms with E-state index in [1.165, 1.54) is 11.3 Å². The molecule has 1 aliphatic rings. The third-order valence-electron chi connectivity index (χ3n) is 6.63. The first kappa shape index (κ1) is 26.7. The zero-order chi connectivity index (χ0) is 26.2. The molecule has 2 unspecified atom stereocenters. The van der Waals surface area contributed by atoms with Gasteiger partial charge in [0.25, 0.3) is 5.91 Å². The van der Waals surface area contributed by atoms with E-state index in [4.69, 9.17) is 4.98 Å². The number of piperidine rings is 1. The summed E-state index contributed by atoms with van der Waals surface area (Å²) in [5, 5.41) is 0.651. The van der Waals surface area contributed by atoms with E-state index in [2.05, 4.69) is 26.8 Å². The number of thiazole rings is 1. The molecule has 1 amide bonds. The fourth-order valence-corrected chi connectivity index (χ4v) is 7.66. The van der Waals surface area contributed by atoms with Crippen LogP contribution in [0.4, 0.5) is 5.13 Å². The molecule has 0 spiro atoms. The van der Waals surface area contributed by atoms with Gasteiger partial charge in [-0.05, 0) is 87.7 Å². The van der Waals surface area contributed by atoms with Crippen molar-refractivity contribution in [3.63, 3.8) is 0 Å². The van der Waals surface area contributed by atoms with E-state index in [0.717, 1.165) is 27.8 Å². The molecule has 0 N–H and O–H groups in total. The molecule has 1 fully saturated rings. The average Bonchev–Trinajstić information content (AvgIpc) is 3.22. The third kappa shape index (κ3) is 5.64. The Balaban J connectivity index is 1.63.